The summed E-state index contributed by atoms with van der Waals surface area (Å²) in [6, 6.07) is 11.0. The van der Waals surface area contributed by atoms with Crippen LogP contribution in [0.3, 0.4) is 0 Å². The molecule has 2 heterocycles. The summed E-state index contributed by atoms with van der Waals surface area (Å²) in [5.41, 5.74) is 1.39. The van der Waals surface area contributed by atoms with Crippen molar-refractivity contribution in [3.63, 3.8) is 0 Å². The number of nitrogens with one attached hydrogen (secondary N) is 1. The fourth-order valence-corrected chi connectivity index (χ4v) is 3.72. The van der Waals surface area contributed by atoms with Gasteiger partial charge in [0.15, 0.2) is 5.82 Å². The first-order valence-electron chi connectivity index (χ1n) is 6.62. The number of aromatic nitrogens is 4. The fourth-order valence-electron chi connectivity index (χ4n) is 1.82. The van der Waals surface area contributed by atoms with Gasteiger partial charge in [0.25, 0.3) is 0 Å². The number of carbonyl (C=O) groups excluding carboxylic acids is 1. The van der Waals surface area contributed by atoms with E-state index >= 15 is 0 Å². The lowest BCUT2D eigenvalue weighted by atomic mass is 10.2. The number of benzene rings is 1. The summed E-state index contributed by atoms with van der Waals surface area (Å²) >= 11 is 0. The Kier molecular flexibility index (Phi) is 4.94. The average molecular weight is 344 g/mol. The summed E-state index contributed by atoms with van der Waals surface area (Å²) < 4.78 is 4.79. The molecule has 0 atom stereocenters. The van der Waals surface area contributed by atoms with Gasteiger partial charge in [-0.2, -0.15) is 0 Å². The molecule has 0 saturated heterocycles. The molecule has 0 saturated carbocycles. The predicted molar refractivity (Wildman–Crippen MR) is 89.1 cm³/mol. The summed E-state index contributed by atoms with van der Waals surface area (Å²) in [6.45, 7) is 0. The molecule has 0 radical (unpaired) electrons. The molecular weight excluding hydrogens is 332 g/mol. The van der Waals surface area contributed by atoms with Crippen molar-refractivity contribution in [1.29, 1.82) is 0 Å². The summed E-state index contributed by atoms with van der Waals surface area (Å²) in [6.07, 6.45) is 3.42. The van der Waals surface area contributed by atoms with Gasteiger partial charge in [0.05, 0.1) is 12.7 Å². The first kappa shape index (κ1) is 15.6. The van der Waals surface area contributed by atoms with Gasteiger partial charge < -0.3 is 4.74 Å². The Bertz CT molecular complexity index is 808. The molecule has 0 amide bonds. The normalized spacial score (nSPS) is 10.5. The molecule has 2 aromatic heterocycles. The van der Waals surface area contributed by atoms with Crippen molar-refractivity contribution in [3.8, 4) is 11.4 Å². The first-order chi connectivity index (χ1) is 11.3. The predicted octanol–water partition coefficient (Wildman–Crippen LogP) is 3.45. The second-order valence-electron chi connectivity index (χ2n) is 4.36. The van der Waals surface area contributed by atoms with Crippen LogP contribution in [0.2, 0.25) is 0 Å². The molecule has 0 aliphatic heterocycles. The van der Waals surface area contributed by atoms with E-state index in [1.807, 2.05) is 24.3 Å². The van der Waals surface area contributed by atoms with Crippen molar-refractivity contribution in [2.24, 2.45) is 0 Å². The number of carbonyl (C=O) groups is 1. The topological polar surface area (TPSA) is 80.8 Å². The molecule has 0 unspecified atom stereocenters. The standard InChI is InChI=1S/C15H12N4O2S2/c1-21-14(20)11-6-2-3-7-12(11)22-23-15-17-13(18-19-15)10-5-4-8-16-9-10/h2-9H,1H3,(H,17,18,19). The van der Waals surface area contributed by atoms with E-state index in [1.54, 1.807) is 24.5 Å². The van der Waals surface area contributed by atoms with Gasteiger partial charge in [0.2, 0.25) is 5.16 Å². The summed E-state index contributed by atoms with van der Waals surface area (Å²) in [4.78, 5) is 21.0. The summed E-state index contributed by atoms with van der Waals surface area (Å²) in [5.74, 6) is 0.294. The monoisotopic (exact) mass is 344 g/mol. The highest BCUT2D eigenvalue weighted by atomic mass is 33.1. The van der Waals surface area contributed by atoms with E-state index < -0.39 is 0 Å². The Balaban J connectivity index is 1.73. The van der Waals surface area contributed by atoms with Crippen LogP contribution >= 0.6 is 21.6 Å². The van der Waals surface area contributed by atoms with Crippen LogP contribution in [-0.4, -0.2) is 33.2 Å². The zero-order chi connectivity index (χ0) is 16.1. The number of nitrogens with zero attached hydrogens (tertiary/aromatic N) is 3. The molecule has 0 bridgehead atoms. The van der Waals surface area contributed by atoms with Crippen molar-refractivity contribution >= 4 is 27.6 Å². The van der Waals surface area contributed by atoms with E-state index in [9.17, 15) is 4.79 Å². The molecule has 1 N–H and O–H groups in total. The molecule has 0 spiro atoms. The maximum atomic E-state index is 11.7. The number of methoxy groups -OCH3 is 1. The van der Waals surface area contributed by atoms with Gasteiger partial charge in [-0.3, -0.25) is 10.1 Å². The van der Waals surface area contributed by atoms with Crippen LogP contribution < -0.4 is 0 Å². The number of ether oxygens (including phenoxy) is 1. The van der Waals surface area contributed by atoms with E-state index in [0.29, 0.717) is 16.5 Å². The SMILES string of the molecule is COC(=O)c1ccccc1SSc1n[nH]c(-c2cccnc2)n1. The van der Waals surface area contributed by atoms with Crippen LogP contribution in [0.4, 0.5) is 0 Å². The van der Waals surface area contributed by atoms with E-state index in [0.717, 1.165) is 10.5 Å². The molecule has 6 nitrogen and oxygen atoms in total. The van der Waals surface area contributed by atoms with Gasteiger partial charge >= 0.3 is 5.97 Å². The summed E-state index contributed by atoms with van der Waals surface area (Å²) in [5, 5.41) is 7.62. The minimum Gasteiger partial charge on any atom is -0.465 e. The molecule has 0 aliphatic carbocycles. The van der Waals surface area contributed by atoms with Crippen LogP contribution in [0, 0.1) is 0 Å². The zero-order valence-electron chi connectivity index (χ0n) is 12.1. The smallest absolute Gasteiger partial charge is 0.339 e. The molecule has 0 aliphatic rings. The lowest BCUT2D eigenvalue weighted by Crippen LogP contribution is -2.02. The van der Waals surface area contributed by atoms with Crippen molar-refractivity contribution in [2.45, 2.75) is 10.1 Å². The van der Waals surface area contributed by atoms with Crippen molar-refractivity contribution in [3.05, 3.63) is 54.4 Å². The third-order valence-corrected chi connectivity index (χ3v) is 5.08. The second kappa shape index (κ2) is 7.30. The van der Waals surface area contributed by atoms with Crippen LogP contribution in [0.5, 0.6) is 0 Å². The van der Waals surface area contributed by atoms with Crippen molar-refractivity contribution < 1.29 is 9.53 Å². The number of hydrogen-bond donors (Lipinski definition) is 1. The van der Waals surface area contributed by atoms with Crippen LogP contribution in [0.15, 0.2) is 58.8 Å². The van der Waals surface area contributed by atoms with Gasteiger partial charge in [0, 0.05) is 22.9 Å². The maximum Gasteiger partial charge on any atom is 0.339 e. The van der Waals surface area contributed by atoms with Crippen molar-refractivity contribution in [1.82, 2.24) is 20.2 Å². The zero-order valence-corrected chi connectivity index (χ0v) is 13.7. The van der Waals surface area contributed by atoms with E-state index in [-0.39, 0.29) is 5.97 Å². The lowest BCUT2D eigenvalue weighted by Gasteiger charge is -2.04. The highest BCUT2D eigenvalue weighted by molar-refractivity contribution is 8.76. The van der Waals surface area contributed by atoms with Crippen molar-refractivity contribution in [2.75, 3.05) is 7.11 Å². The molecule has 0 fully saturated rings. The Labute approximate surface area is 140 Å². The molecule has 8 heteroatoms. The molecule has 23 heavy (non-hydrogen) atoms. The van der Waals surface area contributed by atoms with Gasteiger partial charge in [-0.05, 0) is 45.9 Å². The highest BCUT2D eigenvalue weighted by Crippen LogP contribution is 2.37. The number of pyridine rings is 1. The fraction of sp³-hybridized carbons (Fsp3) is 0.0667. The number of H-pyrrole nitrogens is 1. The van der Waals surface area contributed by atoms with E-state index in [1.165, 1.54) is 28.7 Å². The largest absolute Gasteiger partial charge is 0.465 e. The van der Waals surface area contributed by atoms with E-state index in [4.69, 9.17) is 4.74 Å². The Morgan fingerprint density at radius 3 is 2.83 bits per heavy atom. The third kappa shape index (κ3) is 3.72. The number of rotatable bonds is 5. The minimum atomic E-state index is -0.361. The molecule has 3 rings (SSSR count). The second-order valence-corrected chi connectivity index (χ2v) is 6.50. The third-order valence-electron chi connectivity index (χ3n) is 2.90. The van der Waals surface area contributed by atoms with Gasteiger partial charge in [-0.15, -0.1) is 5.10 Å². The maximum absolute atomic E-state index is 11.7. The average Bonchev–Trinajstić information content (AvgIpc) is 3.09. The first-order valence-corrected chi connectivity index (χ1v) is 8.77. The molecule has 3 aromatic rings. The summed E-state index contributed by atoms with van der Waals surface area (Å²) in [7, 11) is 4.14. The van der Waals surface area contributed by atoms with Crippen LogP contribution in [0.25, 0.3) is 11.4 Å². The van der Waals surface area contributed by atoms with Gasteiger partial charge in [0.1, 0.15) is 0 Å². The Morgan fingerprint density at radius 1 is 1.17 bits per heavy atom. The highest BCUT2D eigenvalue weighted by Gasteiger charge is 2.13. The Hall–Kier alpha value is -2.32. The number of esters is 1. The van der Waals surface area contributed by atoms with Crippen LogP contribution in [0.1, 0.15) is 10.4 Å². The molecule has 116 valence electrons. The van der Waals surface area contributed by atoms with Crippen LogP contribution in [-0.2, 0) is 4.74 Å². The molecule has 1 aromatic carbocycles. The lowest BCUT2D eigenvalue weighted by molar-refractivity contribution is 0.0597. The quantitative estimate of drug-likeness (QED) is 0.561. The Morgan fingerprint density at radius 2 is 2.04 bits per heavy atom. The molecular formula is C15H12N4O2S2. The minimum absolute atomic E-state index is 0.361. The van der Waals surface area contributed by atoms with Gasteiger partial charge in [-0.1, -0.05) is 12.1 Å². The van der Waals surface area contributed by atoms with E-state index in [2.05, 4.69) is 20.2 Å². The number of aromatic amines is 1. The van der Waals surface area contributed by atoms with Gasteiger partial charge in [-0.25, -0.2) is 9.78 Å². The number of hydrogen-bond acceptors (Lipinski definition) is 7.